The van der Waals surface area contributed by atoms with Crippen LogP contribution in [-0.2, 0) is 6.54 Å². The lowest BCUT2D eigenvalue weighted by Crippen LogP contribution is -2.22. The van der Waals surface area contributed by atoms with Crippen molar-refractivity contribution in [1.29, 1.82) is 0 Å². The number of hydrogen-bond donors (Lipinski definition) is 1. The van der Waals surface area contributed by atoms with Crippen molar-refractivity contribution >= 4 is 11.3 Å². The highest BCUT2D eigenvalue weighted by Gasteiger charge is 2.28. The number of nitrogens with one attached hydrogen (secondary N) is 1. The number of benzene rings is 1. The first-order chi connectivity index (χ1) is 23.3. The summed E-state index contributed by atoms with van der Waals surface area (Å²) in [6.45, 7) is 37.4. The maximum atomic E-state index is 3.97. The Balaban J connectivity index is 0. The quantitative estimate of drug-likeness (QED) is 0.251. The highest BCUT2D eigenvalue weighted by molar-refractivity contribution is 5.81. The van der Waals surface area contributed by atoms with Crippen LogP contribution >= 0.6 is 0 Å². The van der Waals surface area contributed by atoms with Crippen LogP contribution in [0.1, 0.15) is 120 Å². The fourth-order valence-corrected chi connectivity index (χ4v) is 4.85. The normalized spacial score (nSPS) is 15.3. The first kappa shape index (κ1) is 46.3. The van der Waals surface area contributed by atoms with E-state index in [1.54, 1.807) is 0 Å². The second kappa shape index (κ2) is 28.3. The number of allylic oxidation sites excluding steroid dienone is 13. The predicted molar refractivity (Wildman–Crippen MR) is 223 cm³/mol. The fourth-order valence-electron chi connectivity index (χ4n) is 4.85. The number of nitrogens with zero attached hydrogens (tertiary/aromatic N) is 1. The summed E-state index contributed by atoms with van der Waals surface area (Å²) in [5, 5.41) is 3.36. The predicted octanol–water partition coefficient (Wildman–Crippen LogP) is 13.8. The SMILES string of the molecule is C1=CCNC(C2C=CCC=C2)=C1.C=C/C(=C\C=C/C)c1ccc2c(c1)C1=CC(C(C)(C)C)=CCN1C2.C=CCC.CC.CC.CC.CC. The minimum Gasteiger partial charge on any atom is -0.384 e. The molecule has 4 aliphatic rings. The van der Waals surface area contributed by atoms with Gasteiger partial charge in [-0.25, -0.2) is 0 Å². The van der Waals surface area contributed by atoms with Crippen molar-refractivity contribution < 1.29 is 0 Å². The van der Waals surface area contributed by atoms with Crippen molar-refractivity contribution in [2.24, 2.45) is 11.3 Å². The molecule has 0 saturated carbocycles. The molecule has 1 aromatic carbocycles. The zero-order valence-electron chi connectivity index (χ0n) is 33.3. The molecule has 2 heteroatoms. The Morgan fingerprint density at radius 3 is 2.08 bits per heavy atom. The monoisotopic (exact) mass is 653 g/mol. The van der Waals surface area contributed by atoms with Crippen molar-refractivity contribution in [3.8, 4) is 0 Å². The Bertz CT molecular complexity index is 1270. The van der Waals surface area contributed by atoms with Crippen molar-refractivity contribution in [3.63, 3.8) is 0 Å². The zero-order chi connectivity index (χ0) is 37.0. The van der Waals surface area contributed by atoms with Gasteiger partial charge in [0.25, 0.3) is 0 Å². The lowest BCUT2D eigenvalue weighted by Gasteiger charge is -2.29. The van der Waals surface area contributed by atoms with Gasteiger partial charge in [-0.1, -0.05) is 175 Å². The van der Waals surface area contributed by atoms with Crippen LogP contribution in [0.4, 0.5) is 0 Å². The largest absolute Gasteiger partial charge is 0.384 e. The van der Waals surface area contributed by atoms with Crippen LogP contribution in [0.15, 0.2) is 128 Å². The Labute approximate surface area is 298 Å². The van der Waals surface area contributed by atoms with Gasteiger partial charge in [0.1, 0.15) is 0 Å². The average molecular weight is 653 g/mol. The van der Waals surface area contributed by atoms with E-state index in [1.165, 1.54) is 33.7 Å². The van der Waals surface area contributed by atoms with Gasteiger partial charge in [-0.05, 0) is 65.7 Å². The van der Waals surface area contributed by atoms with Crippen molar-refractivity contribution in [3.05, 3.63) is 144 Å². The molecule has 48 heavy (non-hydrogen) atoms. The summed E-state index contributed by atoms with van der Waals surface area (Å²) >= 11 is 0. The topological polar surface area (TPSA) is 15.3 Å². The highest BCUT2D eigenvalue weighted by Crippen LogP contribution is 2.40. The van der Waals surface area contributed by atoms with Crippen LogP contribution in [0.25, 0.3) is 11.3 Å². The third kappa shape index (κ3) is 15.9. The van der Waals surface area contributed by atoms with Crippen LogP contribution < -0.4 is 5.32 Å². The van der Waals surface area contributed by atoms with Crippen molar-refractivity contribution in [2.45, 2.75) is 109 Å². The summed E-state index contributed by atoms with van der Waals surface area (Å²) in [5.74, 6) is 0.476. The van der Waals surface area contributed by atoms with Gasteiger partial charge < -0.3 is 10.2 Å². The summed E-state index contributed by atoms with van der Waals surface area (Å²) in [5.41, 5.74) is 9.49. The van der Waals surface area contributed by atoms with Gasteiger partial charge in [-0.2, -0.15) is 0 Å². The molecule has 0 radical (unpaired) electrons. The summed E-state index contributed by atoms with van der Waals surface area (Å²) in [7, 11) is 0. The van der Waals surface area contributed by atoms with E-state index in [-0.39, 0.29) is 5.41 Å². The van der Waals surface area contributed by atoms with Gasteiger partial charge in [0.05, 0.1) is 0 Å². The van der Waals surface area contributed by atoms with E-state index in [0.717, 1.165) is 38.0 Å². The number of hydrogen-bond acceptors (Lipinski definition) is 2. The number of fused-ring (bicyclic) bond motifs is 3. The third-order valence-corrected chi connectivity index (χ3v) is 7.24. The highest BCUT2D eigenvalue weighted by atomic mass is 15.2. The molecule has 0 amide bonds. The Hall–Kier alpha value is -3.78. The molecule has 1 N–H and O–H groups in total. The lowest BCUT2D eigenvalue weighted by molar-refractivity contribution is 0.434. The van der Waals surface area contributed by atoms with Gasteiger partial charge in [0.2, 0.25) is 0 Å². The summed E-state index contributed by atoms with van der Waals surface area (Å²) in [4.78, 5) is 2.47. The van der Waals surface area contributed by atoms with Crippen molar-refractivity contribution in [2.75, 3.05) is 13.1 Å². The zero-order valence-corrected chi connectivity index (χ0v) is 33.3. The fraction of sp³-hybridized carbons (Fsp3) is 0.435. The molecule has 2 nitrogen and oxygen atoms in total. The van der Waals surface area contributed by atoms with Gasteiger partial charge >= 0.3 is 0 Å². The van der Waals surface area contributed by atoms with Crippen LogP contribution in [0.5, 0.6) is 0 Å². The Morgan fingerprint density at radius 1 is 0.958 bits per heavy atom. The van der Waals surface area contributed by atoms with E-state index >= 15 is 0 Å². The van der Waals surface area contributed by atoms with E-state index in [9.17, 15) is 0 Å². The van der Waals surface area contributed by atoms with E-state index < -0.39 is 0 Å². The minimum atomic E-state index is 0.192. The van der Waals surface area contributed by atoms with E-state index in [2.05, 4.69) is 136 Å². The second-order valence-electron chi connectivity index (χ2n) is 11.3. The van der Waals surface area contributed by atoms with E-state index in [1.807, 2.05) is 80.5 Å². The summed E-state index contributed by atoms with van der Waals surface area (Å²) in [6.07, 6.45) is 32.3. The molecule has 0 saturated heterocycles. The molecule has 0 unspecified atom stereocenters. The molecule has 3 aliphatic heterocycles. The minimum absolute atomic E-state index is 0.192. The van der Waals surface area contributed by atoms with Crippen LogP contribution in [0, 0.1) is 11.3 Å². The molecule has 266 valence electrons. The molecule has 1 aromatic rings. The molecule has 3 heterocycles. The molecule has 0 aromatic heterocycles. The maximum Gasteiger partial charge on any atom is 0.0452 e. The van der Waals surface area contributed by atoms with E-state index in [4.69, 9.17) is 0 Å². The standard InChI is InChI=1S/C23H27N.C11H13N.C4H8.4C2H6/c1-6-8-9-17(7-2)18-10-11-19-16-24-13-12-20(23(3,4)5)15-22(24)21(19)14-18;1-2-6-10(7-3-1)11-8-4-5-9-12-11;1-3-4-2;4*1-2/h6-12,14-15H,2,13,16H2,1,3-5H3;2-8,10,12H,1,9H2;3H,1,4H2,2H3;4*1-2H3/b8-6-,17-9+;;;;;;. The van der Waals surface area contributed by atoms with E-state index in [0.29, 0.717) is 5.92 Å². The Morgan fingerprint density at radius 2 is 1.58 bits per heavy atom. The number of dihydropyridines is 1. The van der Waals surface area contributed by atoms with Crippen LogP contribution in [0.3, 0.4) is 0 Å². The van der Waals surface area contributed by atoms with Crippen LogP contribution in [0.2, 0.25) is 0 Å². The summed E-state index contributed by atoms with van der Waals surface area (Å²) < 4.78 is 0. The molecule has 0 fully saturated rings. The molecule has 1 aliphatic carbocycles. The lowest BCUT2D eigenvalue weighted by atomic mass is 9.84. The van der Waals surface area contributed by atoms with Crippen LogP contribution in [-0.4, -0.2) is 18.0 Å². The van der Waals surface area contributed by atoms with Gasteiger partial charge in [-0.15, -0.1) is 6.58 Å². The number of rotatable bonds is 5. The first-order valence-corrected chi connectivity index (χ1v) is 18.6. The molecule has 0 atom stereocenters. The summed E-state index contributed by atoms with van der Waals surface area (Å²) in [6, 6.07) is 6.81. The average Bonchev–Trinajstić information content (AvgIpc) is 3.53. The van der Waals surface area contributed by atoms with Crippen molar-refractivity contribution in [1.82, 2.24) is 10.2 Å². The molecule has 0 spiro atoms. The second-order valence-corrected chi connectivity index (χ2v) is 11.3. The smallest absolute Gasteiger partial charge is 0.0452 e. The first-order valence-electron chi connectivity index (χ1n) is 18.6. The molecule has 0 bridgehead atoms. The Kier molecular flexibility index (Phi) is 27.3. The third-order valence-electron chi connectivity index (χ3n) is 7.24. The maximum absolute atomic E-state index is 3.97. The van der Waals surface area contributed by atoms with Gasteiger partial charge in [0.15, 0.2) is 0 Å². The van der Waals surface area contributed by atoms with Gasteiger partial charge in [-0.3, -0.25) is 0 Å². The van der Waals surface area contributed by atoms with Gasteiger partial charge in [0, 0.05) is 42.5 Å². The molecule has 5 rings (SSSR count). The molecular weight excluding hydrogens is 581 g/mol. The molecular formula is C46H72N2.